The largest absolute Gasteiger partial charge is 0.496 e. The molecule has 3 rings (SSSR count). The van der Waals surface area contributed by atoms with Gasteiger partial charge in [-0.25, -0.2) is 4.79 Å². The second-order valence-corrected chi connectivity index (χ2v) is 4.51. The zero-order valence-electron chi connectivity index (χ0n) is 11.3. The van der Waals surface area contributed by atoms with E-state index in [9.17, 15) is 9.59 Å². The molecule has 1 aliphatic rings. The quantitative estimate of drug-likeness (QED) is 0.492. The van der Waals surface area contributed by atoms with Gasteiger partial charge in [0.05, 0.1) is 18.2 Å². The fourth-order valence-electron chi connectivity index (χ4n) is 2.24. The number of hydrogen-bond donors (Lipinski definition) is 0. The Labute approximate surface area is 121 Å². The number of para-hydroxylation sites is 1. The molecule has 0 N–H and O–H groups in total. The summed E-state index contributed by atoms with van der Waals surface area (Å²) in [7, 11) is 1.50. The molecule has 2 aromatic carbocycles. The molecule has 104 valence electrons. The summed E-state index contributed by atoms with van der Waals surface area (Å²) in [5.41, 5.74) is 1.52. The zero-order valence-corrected chi connectivity index (χ0v) is 11.3. The van der Waals surface area contributed by atoms with Crippen molar-refractivity contribution < 1.29 is 19.1 Å². The molecule has 4 heteroatoms. The summed E-state index contributed by atoms with van der Waals surface area (Å²) in [5, 5.41) is 0. The van der Waals surface area contributed by atoms with Crippen LogP contribution in [-0.4, -0.2) is 18.9 Å². The van der Waals surface area contributed by atoms with Gasteiger partial charge in [0, 0.05) is 11.6 Å². The summed E-state index contributed by atoms with van der Waals surface area (Å²) in [5.74, 6) is 0.0418. The Morgan fingerprint density at radius 2 is 1.71 bits per heavy atom. The fraction of sp³-hybridized carbons (Fsp3) is 0.0588. The normalized spacial score (nSPS) is 14.7. The molecule has 2 aromatic rings. The number of ketones is 1. The highest BCUT2D eigenvalue weighted by molar-refractivity contribution is 6.13. The Bertz CT molecular complexity index is 759. The van der Waals surface area contributed by atoms with Gasteiger partial charge in [-0.15, -0.1) is 0 Å². The number of allylic oxidation sites excluding steroid dienone is 1. The molecular formula is C17H12O4. The average Bonchev–Trinajstić information content (AvgIpc) is 2.84. The minimum atomic E-state index is -0.440. The van der Waals surface area contributed by atoms with Gasteiger partial charge in [0.25, 0.3) is 0 Å². The van der Waals surface area contributed by atoms with Crippen molar-refractivity contribution in [2.75, 3.05) is 7.11 Å². The standard InChI is InChI=1S/C17H12O4/c1-20-15-9-5-4-8-13(15)14(18)10-16-11-6-2-3-7-12(11)17(19)21-16/h2-10H,1H3/b16-10+. The first-order valence-electron chi connectivity index (χ1n) is 6.41. The summed E-state index contributed by atoms with van der Waals surface area (Å²) in [6, 6.07) is 13.9. The van der Waals surface area contributed by atoms with Crippen LogP contribution in [0.25, 0.3) is 5.76 Å². The van der Waals surface area contributed by atoms with E-state index in [2.05, 4.69) is 0 Å². The number of benzene rings is 2. The van der Waals surface area contributed by atoms with Crippen molar-refractivity contribution in [1.82, 2.24) is 0 Å². The fourth-order valence-corrected chi connectivity index (χ4v) is 2.24. The second kappa shape index (κ2) is 5.25. The van der Waals surface area contributed by atoms with Gasteiger partial charge >= 0.3 is 5.97 Å². The smallest absolute Gasteiger partial charge is 0.344 e. The molecule has 0 saturated heterocycles. The lowest BCUT2D eigenvalue weighted by atomic mass is 10.1. The molecule has 0 aliphatic carbocycles. The Morgan fingerprint density at radius 3 is 2.48 bits per heavy atom. The first-order valence-corrected chi connectivity index (χ1v) is 6.41. The minimum absolute atomic E-state index is 0.270. The third-order valence-corrected chi connectivity index (χ3v) is 3.25. The van der Waals surface area contributed by atoms with Crippen molar-refractivity contribution in [3.05, 3.63) is 71.3 Å². The Kier molecular flexibility index (Phi) is 3.28. The number of rotatable bonds is 3. The van der Waals surface area contributed by atoms with E-state index < -0.39 is 5.97 Å². The molecule has 0 bridgehead atoms. The third-order valence-electron chi connectivity index (χ3n) is 3.25. The zero-order chi connectivity index (χ0) is 14.8. The van der Waals surface area contributed by atoms with Crippen LogP contribution < -0.4 is 4.74 Å². The first kappa shape index (κ1) is 13.1. The maximum absolute atomic E-state index is 12.3. The molecule has 4 nitrogen and oxygen atoms in total. The van der Waals surface area contributed by atoms with Crippen molar-refractivity contribution >= 4 is 17.5 Å². The van der Waals surface area contributed by atoms with Gasteiger partial charge in [-0.05, 0) is 18.2 Å². The molecule has 0 spiro atoms. The molecule has 1 aliphatic heterocycles. The van der Waals surface area contributed by atoms with Crippen molar-refractivity contribution in [2.45, 2.75) is 0 Å². The van der Waals surface area contributed by atoms with Crippen LogP contribution in [0.4, 0.5) is 0 Å². The van der Waals surface area contributed by atoms with E-state index in [4.69, 9.17) is 9.47 Å². The minimum Gasteiger partial charge on any atom is -0.496 e. The van der Waals surface area contributed by atoms with Gasteiger partial charge in [0.2, 0.25) is 0 Å². The maximum Gasteiger partial charge on any atom is 0.344 e. The van der Waals surface area contributed by atoms with Crippen LogP contribution in [0.1, 0.15) is 26.3 Å². The van der Waals surface area contributed by atoms with Crippen molar-refractivity contribution in [1.29, 1.82) is 0 Å². The highest BCUT2D eigenvalue weighted by atomic mass is 16.5. The predicted octanol–water partition coefficient (Wildman–Crippen LogP) is 3.09. The number of esters is 1. The number of ether oxygens (including phenoxy) is 2. The van der Waals surface area contributed by atoms with Crippen LogP contribution in [0.3, 0.4) is 0 Å². The molecule has 1 heterocycles. The first-order chi connectivity index (χ1) is 10.2. The van der Waals surface area contributed by atoms with Crippen molar-refractivity contribution in [3.8, 4) is 5.75 Å². The molecule has 0 saturated carbocycles. The summed E-state index contributed by atoms with van der Waals surface area (Å²) >= 11 is 0. The molecule has 0 fully saturated rings. The maximum atomic E-state index is 12.3. The summed E-state index contributed by atoms with van der Waals surface area (Å²) in [6.07, 6.45) is 1.32. The molecule has 0 unspecified atom stereocenters. The van der Waals surface area contributed by atoms with E-state index in [1.807, 2.05) is 0 Å². The molecule has 0 radical (unpaired) electrons. The summed E-state index contributed by atoms with van der Waals surface area (Å²) in [4.78, 5) is 24.1. The number of cyclic esters (lactones) is 1. The van der Waals surface area contributed by atoms with Crippen molar-refractivity contribution in [3.63, 3.8) is 0 Å². The number of fused-ring (bicyclic) bond motifs is 1. The number of methoxy groups -OCH3 is 1. The van der Waals surface area contributed by atoms with Crippen LogP contribution in [0.15, 0.2) is 54.6 Å². The van der Waals surface area contributed by atoms with E-state index >= 15 is 0 Å². The Balaban J connectivity index is 2.00. The molecule has 0 aromatic heterocycles. The van der Waals surface area contributed by atoms with Crippen LogP contribution in [0.5, 0.6) is 5.75 Å². The van der Waals surface area contributed by atoms with Gasteiger partial charge in [-0.1, -0.05) is 30.3 Å². The molecule has 0 atom stereocenters. The van der Waals surface area contributed by atoms with Crippen LogP contribution in [0, 0.1) is 0 Å². The van der Waals surface area contributed by atoms with Gasteiger partial charge < -0.3 is 9.47 Å². The average molecular weight is 280 g/mol. The summed E-state index contributed by atoms with van der Waals surface area (Å²) in [6.45, 7) is 0. The highest BCUT2D eigenvalue weighted by Crippen LogP contribution is 2.30. The number of carbonyl (C=O) groups excluding carboxylic acids is 2. The lowest BCUT2D eigenvalue weighted by Gasteiger charge is -2.05. The van der Waals surface area contributed by atoms with E-state index in [0.717, 1.165) is 0 Å². The lowest BCUT2D eigenvalue weighted by molar-refractivity contribution is 0.0715. The molecule has 21 heavy (non-hydrogen) atoms. The monoisotopic (exact) mass is 280 g/mol. The van der Waals surface area contributed by atoms with E-state index in [0.29, 0.717) is 22.4 Å². The lowest BCUT2D eigenvalue weighted by Crippen LogP contribution is -2.00. The van der Waals surface area contributed by atoms with E-state index in [-0.39, 0.29) is 11.5 Å². The van der Waals surface area contributed by atoms with Gasteiger partial charge in [-0.2, -0.15) is 0 Å². The Morgan fingerprint density at radius 1 is 1.05 bits per heavy atom. The van der Waals surface area contributed by atoms with Gasteiger partial charge in [0.1, 0.15) is 11.5 Å². The SMILES string of the molecule is COc1ccccc1C(=O)/C=C1/OC(=O)c2ccccc21. The second-order valence-electron chi connectivity index (χ2n) is 4.51. The molecule has 0 amide bonds. The van der Waals surface area contributed by atoms with Crippen LogP contribution in [0.2, 0.25) is 0 Å². The highest BCUT2D eigenvalue weighted by Gasteiger charge is 2.26. The number of carbonyl (C=O) groups is 2. The predicted molar refractivity (Wildman–Crippen MR) is 77.2 cm³/mol. The topological polar surface area (TPSA) is 52.6 Å². The van der Waals surface area contributed by atoms with Crippen molar-refractivity contribution in [2.24, 2.45) is 0 Å². The van der Waals surface area contributed by atoms with E-state index in [1.54, 1.807) is 48.5 Å². The Hall–Kier alpha value is -2.88. The number of hydrogen-bond acceptors (Lipinski definition) is 4. The van der Waals surface area contributed by atoms with Crippen LogP contribution in [-0.2, 0) is 4.74 Å². The van der Waals surface area contributed by atoms with Gasteiger partial charge in [-0.3, -0.25) is 4.79 Å². The summed E-state index contributed by atoms with van der Waals surface area (Å²) < 4.78 is 10.3. The van der Waals surface area contributed by atoms with Crippen LogP contribution >= 0.6 is 0 Å². The van der Waals surface area contributed by atoms with E-state index in [1.165, 1.54) is 13.2 Å². The molecular weight excluding hydrogens is 268 g/mol. The van der Waals surface area contributed by atoms with Gasteiger partial charge in [0.15, 0.2) is 5.78 Å². The third kappa shape index (κ3) is 2.31.